The second-order valence-corrected chi connectivity index (χ2v) is 6.50. The molecule has 2 N–H and O–H groups in total. The largest absolute Gasteiger partial charge is 0.461 e. The molecule has 1 rings (SSSR count). The van der Waals surface area contributed by atoms with Gasteiger partial charge in [-0.15, -0.1) is 0 Å². The van der Waals surface area contributed by atoms with Gasteiger partial charge in [0.05, 0.1) is 6.61 Å². The van der Waals surface area contributed by atoms with Crippen LogP contribution >= 0.6 is 0 Å². The third-order valence-electron chi connectivity index (χ3n) is 3.24. The zero-order valence-electron chi connectivity index (χ0n) is 15.4. The fraction of sp³-hybridized carbons (Fsp3) is 0.556. The van der Waals surface area contributed by atoms with E-state index in [1.807, 2.05) is 46.8 Å². The van der Waals surface area contributed by atoms with Gasteiger partial charge in [0.15, 0.2) is 0 Å². The first-order valence-corrected chi connectivity index (χ1v) is 8.15. The summed E-state index contributed by atoms with van der Waals surface area (Å²) in [5.41, 5.74) is 2.73. The molecule has 1 heterocycles. The van der Waals surface area contributed by atoms with E-state index in [4.69, 9.17) is 9.47 Å². The molecule has 1 amide bonds. The van der Waals surface area contributed by atoms with Crippen molar-refractivity contribution in [3.05, 3.63) is 28.6 Å². The van der Waals surface area contributed by atoms with E-state index >= 15 is 0 Å². The maximum atomic E-state index is 11.9. The third-order valence-corrected chi connectivity index (χ3v) is 3.24. The Bertz CT molecular complexity index is 609. The van der Waals surface area contributed by atoms with Crippen LogP contribution in [0.15, 0.2) is 6.08 Å². The van der Waals surface area contributed by atoms with Gasteiger partial charge in [-0.25, -0.2) is 9.59 Å². The van der Waals surface area contributed by atoms with E-state index in [9.17, 15) is 9.59 Å². The van der Waals surface area contributed by atoms with Gasteiger partial charge in [0.1, 0.15) is 11.3 Å². The van der Waals surface area contributed by atoms with Crippen molar-refractivity contribution in [2.24, 2.45) is 0 Å². The molecule has 0 bridgehead atoms. The number of hydrogen-bond donors (Lipinski definition) is 2. The molecule has 0 aliphatic carbocycles. The summed E-state index contributed by atoms with van der Waals surface area (Å²) in [6.07, 6.45) is 4.14. The van der Waals surface area contributed by atoms with Crippen LogP contribution in [0.5, 0.6) is 0 Å². The number of rotatable bonds is 6. The van der Waals surface area contributed by atoms with E-state index < -0.39 is 11.7 Å². The van der Waals surface area contributed by atoms with E-state index in [1.54, 1.807) is 6.92 Å². The number of esters is 1. The highest BCUT2D eigenvalue weighted by molar-refractivity contribution is 5.90. The highest BCUT2D eigenvalue weighted by Gasteiger charge is 2.17. The Kier molecular flexibility index (Phi) is 7.07. The number of nitrogens with one attached hydrogen (secondary N) is 2. The number of amides is 1. The summed E-state index contributed by atoms with van der Waals surface area (Å²) < 4.78 is 10.2. The van der Waals surface area contributed by atoms with Crippen LogP contribution in [-0.2, 0) is 9.47 Å². The number of aryl methyl sites for hydroxylation is 1. The quantitative estimate of drug-likeness (QED) is 0.612. The van der Waals surface area contributed by atoms with Crippen LogP contribution in [-0.4, -0.2) is 35.8 Å². The second kappa shape index (κ2) is 8.57. The fourth-order valence-corrected chi connectivity index (χ4v) is 2.19. The van der Waals surface area contributed by atoms with Gasteiger partial charge in [0.25, 0.3) is 0 Å². The minimum atomic E-state index is -0.497. The van der Waals surface area contributed by atoms with Crippen molar-refractivity contribution in [3.63, 3.8) is 0 Å². The first-order chi connectivity index (χ1) is 11.2. The van der Waals surface area contributed by atoms with Crippen LogP contribution in [0.3, 0.4) is 0 Å². The molecule has 0 atom stereocenters. The number of aromatic nitrogens is 1. The Morgan fingerprint density at radius 3 is 2.50 bits per heavy atom. The molecule has 0 saturated carbocycles. The van der Waals surface area contributed by atoms with Gasteiger partial charge in [-0.1, -0.05) is 12.2 Å². The van der Waals surface area contributed by atoms with Crippen molar-refractivity contribution >= 4 is 18.1 Å². The first kappa shape index (κ1) is 19.8. The maximum absolute atomic E-state index is 11.9. The maximum Gasteiger partial charge on any atom is 0.407 e. The highest BCUT2D eigenvalue weighted by Crippen LogP contribution is 2.20. The highest BCUT2D eigenvalue weighted by atomic mass is 16.6. The Balaban J connectivity index is 2.56. The summed E-state index contributed by atoms with van der Waals surface area (Å²) in [6.45, 7) is 11.9. The summed E-state index contributed by atoms with van der Waals surface area (Å²) in [5.74, 6) is -0.343. The summed E-state index contributed by atoms with van der Waals surface area (Å²) in [4.78, 5) is 26.5. The van der Waals surface area contributed by atoms with Crippen LogP contribution in [0.1, 0.15) is 61.4 Å². The number of H-pyrrole nitrogens is 1. The molecular formula is C18H28N2O4. The molecular weight excluding hydrogens is 308 g/mol. The lowest BCUT2D eigenvalue weighted by Gasteiger charge is -2.19. The van der Waals surface area contributed by atoms with Crippen molar-refractivity contribution in [1.29, 1.82) is 0 Å². The van der Waals surface area contributed by atoms with Gasteiger partial charge in [0, 0.05) is 12.2 Å². The molecule has 0 spiro atoms. The Morgan fingerprint density at radius 2 is 1.92 bits per heavy atom. The number of alkyl carbamates (subject to hydrolysis) is 1. The Morgan fingerprint density at radius 1 is 1.25 bits per heavy atom. The van der Waals surface area contributed by atoms with Gasteiger partial charge >= 0.3 is 12.1 Å². The van der Waals surface area contributed by atoms with E-state index in [1.165, 1.54) is 0 Å². The molecule has 134 valence electrons. The lowest BCUT2D eigenvalue weighted by atomic mass is 10.1. The van der Waals surface area contributed by atoms with Gasteiger partial charge in [-0.05, 0) is 59.1 Å². The molecule has 0 aromatic carbocycles. The van der Waals surface area contributed by atoms with Gasteiger partial charge < -0.3 is 19.8 Å². The van der Waals surface area contributed by atoms with Crippen LogP contribution in [0.2, 0.25) is 0 Å². The van der Waals surface area contributed by atoms with Gasteiger partial charge in [-0.3, -0.25) is 0 Å². The van der Waals surface area contributed by atoms with E-state index in [0.717, 1.165) is 16.8 Å². The van der Waals surface area contributed by atoms with Crippen molar-refractivity contribution in [2.45, 2.75) is 53.6 Å². The normalized spacial score (nSPS) is 11.6. The van der Waals surface area contributed by atoms with Crippen LogP contribution in [0.4, 0.5) is 4.79 Å². The van der Waals surface area contributed by atoms with E-state index in [-0.39, 0.29) is 5.97 Å². The SMILES string of the molecule is CCOC(=O)c1[nH]c(C)c(C=CCCNC(=O)OC(C)(C)C)c1C. The molecule has 6 nitrogen and oxygen atoms in total. The minimum Gasteiger partial charge on any atom is -0.461 e. The number of aromatic amines is 1. The van der Waals surface area contributed by atoms with Crippen molar-refractivity contribution in [2.75, 3.05) is 13.2 Å². The Labute approximate surface area is 143 Å². The van der Waals surface area contributed by atoms with Crippen LogP contribution in [0, 0.1) is 13.8 Å². The average molecular weight is 336 g/mol. The van der Waals surface area contributed by atoms with Crippen LogP contribution < -0.4 is 5.32 Å². The topological polar surface area (TPSA) is 80.4 Å². The van der Waals surface area contributed by atoms with Gasteiger partial charge in [0.2, 0.25) is 0 Å². The molecule has 6 heteroatoms. The summed E-state index contributed by atoms with van der Waals surface area (Å²) >= 11 is 0. The van der Waals surface area contributed by atoms with E-state index in [2.05, 4.69) is 10.3 Å². The monoisotopic (exact) mass is 336 g/mol. The Hall–Kier alpha value is -2.24. The number of hydrogen-bond acceptors (Lipinski definition) is 4. The molecule has 0 saturated heterocycles. The molecule has 24 heavy (non-hydrogen) atoms. The molecule has 0 aliphatic rings. The molecule has 0 radical (unpaired) electrons. The smallest absolute Gasteiger partial charge is 0.407 e. The van der Waals surface area contributed by atoms with E-state index in [0.29, 0.717) is 25.3 Å². The average Bonchev–Trinajstić information content (AvgIpc) is 2.73. The summed E-state index contributed by atoms with van der Waals surface area (Å²) in [5, 5.41) is 2.70. The zero-order chi connectivity index (χ0) is 18.3. The number of carbonyl (C=O) groups is 2. The van der Waals surface area contributed by atoms with Crippen LogP contribution in [0.25, 0.3) is 6.08 Å². The molecule has 1 aromatic heterocycles. The third kappa shape index (κ3) is 6.10. The number of ether oxygens (including phenoxy) is 2. The molecule has 0 fully saturated rings. The van der Waals surface area contributed by atoms with Crippen molar-refractivity contribution in [1.82, 2.24) is 10.3 Å². The van der Waals surface area contributed by atoms with Gasteiger partial charge in [-0.2, -0.15) is 0 Å². The standard InChI is InChI=1S/C18H28N2O4/c1-7-23-16(21)15-12(2)14(13(3)20-15)10-8-9-11-19-17(22)24-18(4,5)6/h8,10,20H,7,9,11H2,1-6H3,(H,19,22). The summed E-state index contributed by atoms with van der Waals surface area (Å²) in [6, 6.07) is 0. The van der Waals surface area contributed by atoms with Crippen molar-refractivity contribution in [3.8, 4) is 0 Å². The minimum absolute atomic E-state index is 0.343. The molecule has 0 aliphatic heterocycles. The fourth-order valence-electron chi connectivity index (χ4n) is 2.19. The lowest BCUT2D eigenvalue weighted by Crippen LogP contribution is -2.32. The predicted octanol–water partition coefficient (Wildman–Crippen LogP) is 3.74. The molecule has 0 unspecified atom stereocenters. The summed E-state index contributed by atoms with van der Waals surface area (Å²) in [7, 11) is 0. The lowest BCUT2D eigenvalue weighted by molar-refractivity contribution is 0.0512. The number of carbonyl (C=O) groups excluding carboxylic acids is 2. The molecule has 1 aromatic rings. The predicted molar refractivity (Wildman–Crippen MR) is 94.1 cm³/mol. The second-order valence-electron chi connectivity index (χ2n) is 6.50. The first-order valence-electron chi connectivity index (χ1n) is 8.15. The van der Waals surface area contributed by atoms with Crippen molar-refractivity contribution < 1.29 is 19.1 Å². The zero-order valence-corrected chi connectivity index (χ0v) is 15.4.